The Labute approximate surface area is 128 Å². The lowest BCUT2D eigenvalue weighted by Crippen LogP contribution is -2.41. The van der Waals surface area contributed by atoms with Crippen LogP contribution < -0.4 is 10.6 Å². The van der Waals surface area contributed by atoms with E-state index in [-0.39, 0.29) is 17.4 Å². The molecule has 1 aromatic rings. The largest absolute Gasteiger partial charge is 0.348 e. The highest BCUT2D eigenvalue weighted by Gasteiger charge is 2.29. The third kappa shape index (κ3) is 4.85. The van der Waals surface area contributed by atoms with Crippen molar-refractivity contribution in [1.82, 2.24) is 10.6 Å². The molecule has 1 fully saturated rings. The van der Waals surface area contributed by atoms with Crippen molar-refractivity contribution < 1.29 is 4.79 Å². The Morgan fingerprint density at radius 2 is 1.95 bits per heavy atom. The Balaban J connectivity index is 1.99. The molecule has 1 aliphatic carbocycles. The van der Waals surface area contributed by atoms with Gasteiger partial charge in [-0.15, -0.1) is 0 Å². The molecule has 0 saturated heterocycles. The molecule has 1 aliphatic rings. The average molecular weight is 288 g/mol. The van der Waals surface area contributed by atoms with Gasteiger partial charge in [0.1, 0.15) is 0 Å². The minimum absolute atomic E-state index is 0.0156. The number of carbonyl (C=O) groups is 1. The Morgan fingerprint density at radius 3 is 2.52 bits per heavy atom. The summed E-state index contributed by atoms with van der Waals surface area (Å²) in [7, 11) is 0. The lowest BCUT2D eigenvalue weighted by molar-refractivity contribution is -0.121. The average Bonchev–Trinajstić information content (AvgIpc) is 3.20. The highest BCUT2D eigenvalue weighted by Crippen LogP contribution is 2.34. The van der Waals surface area contributed by atoms with E-state index in [4.69, 9.17) is 0 Å². The van der Waals surface area contributed by atoms with E-state index >= 15 is 0 Å². The van der Waals surface area contributed by atoms with Gasteiger partial charge >= 0.3 is 0 Å². The van der Waals surface area contributed by atoms with Gasteiger partial charge in [-0.25, -0.2) is 0 Å². The van der Waals surface area contributed by atoms with Crippen molar-refractivity contribution in [3.05, 3.63) is 35.4 Å². The maximum absolute atomic E-state index is 12.2. The van der Waals surface area contributed by atoms with E-state index in [1.165, 1.54) is 24.0 Å². The van der Waals surface area contributed by atoms with Gasteiger partial charge in [0.05, 0.1) is 12.6 Å². The second-order valence-corrected chi connectivity index (χ2v) is 7.30. The molecule has 0 bridgehead atoms. The SMILES string of the molecule is Cc1ccccc1C(NC(=O)CNCC1CC1)C(C)(C)C. The van der Waals surface area contributed by atoms with E-state index in [1.807, 2.05) is 12.1 Å². The first-order valence-electron chi connectivity index (χ1n) is 7.93. The zero-order valence-corrected chi connectivity index (χ0v) is 13.7. The predicted octanol–water partition coefficient (Wildman–Crippen LogP) is 3.20. The van der Waals surface area contributed by atoms with E-state index in [9.17, 15) is 4.79 Å². The number of rotatable bonds is 6. The Bertz CT molecular complexity index is 486. The molecule has 1 saturated carbocycles. The fourth-order valence-electron chi connectivity index (χ4n) is 2.60. The van der Waals surface area contributed by atoms with Gasteiger partial charge in [0.15, 0.2) is 0 Å². The molecule has 0 aliphatic heterocycles. The molecule has 2 N–H and O–H groups in total. The van der Waals surface area contributed by atoms with Crippen LogP contribution in [0, 0.1) is 18.3 Å². The van der Waals surface area contributed by atoms with Gasteiger partial charge in [-0.2, -0.15) is 0 Å². The summed E-state index contributed by atoms with van der Waals surface area (Å²) in [6, 6.07) is 8.33. The van der Waals surface area contributed by atoms with Crippen molar-refractivity contribution in [3.8, 4) is 0 Å². The summed E-state index contributed by atoms with van der Waals surface area (Å²) in [4.78, 5) is 12.2. The summed E-state index contributed by atoms with van der Waals surface area (Å²) in [5, 5.41) is 6.46. The molecule has 1 atom stereocenters. The van der Waals surface area contributed by atoms with Crippen LogP contribution in [0.3, 0.4) is 0 Å². The van der Waals surface area contributed by atoms with Crippen molar-refractivity contribution in [3.63, 3.8) is 0 Å². The Morgan fingerprint density at radius 1 is 1.29 bits per heavy atom. The van der Waals surface area contributed by atoms with E-state index in [0.29, 0.717) is 6.54 Å². The molecule has 116 valence electrons. The number of nitrogens with one attached hydrogen (secondary N) is 2. The smallest absolute Gasteiger partial charge is 0.234 e. The normalized spacial score (nSPS) is 16.6. The lowest BCUT2D eigenvalue weighted by atomic mass is 9.81. The first-order valence-corrected chi connectivity index (χ1v) is 7.93. The summed E-state index contributed by atoms with van der Waals surface area (Å²) in [6.45, 7) is 9.99. The van der Waals surface area contributed by atoms with Crippen LogP contribution in [0.4, 0.5) is 0 Å². The molecule has 1 aromatic carbocycles. The quantitative estimate of drug-likeness (QED) is 0.844. The van der Waals surface area contributed by atoms with Crippen molar-refractivity contribution in [2.45, 2.75) is 46.6 Å². The fraction of sp³-hybridized carbons (Fsp3) is 0.611. The Kier molecular flexibility index (Phi) is 5.04. The third-order valence-electron chi connectivity index (χ3n) is 4.09. The summed E-state index contributed by atoms with van der Waals surface area (Å²) in [6.07, 6.45) is 2.62. The third-order valence-corrected chi connectivity index (χ3v) is 4.09. The van der Waals surface area contributed by atoms with Gasteiger partial charge in [0.25, 0.3) is 0 Å². The molecule has 0 radical (unpaired) electrons. The Hall–Kier alpha value is -1.35. The second kappa shape index (κ2) is 6.61. The molecule has 1 amide bonds. The van der Waals surface area contributed by atoms with Crippen LogP contribution >= 0.6 is 0 Å². The zero-order chi connectivity index (χ0) is 15.5. The number of carbonyl (C=O) groups excluding carboxylic acids is 1. The van der Waals surface area contributed by atoms with E-state index in [2.05, 4.69) is 50.5 Å². The molecule has 3 nitrogen and oxygen atoms in total. The van der Waals surface area contributed by atoms with Crippen molar-refractivity contribution in [1.29, 1.82) is 0 Å². The fourth-order valence-corrected chi connectivity index (χ4v) is 2.60. The number of aryl methyl sites for hydroxylation is 1. The standard InChI is InChI=1S/C18H28N2O/c1-13-7-5-6-8-15(13)17(18(2,3)4)20-16(21)12-19-11-14-9-10-14/h5-8,14,17,19H,9-12H2,1-4H3,(H,20,21). The molecule has 0 aromatic heterocycles. The summed E-state index contributed by atoms with van der Waals surface area (Å²) in [5.74, 6) is 0.881. The highest BCUT2D eigenvalue weighted by atomic mass is 16.2. The molecule has 0 spiro atoms. The molecule has 1 unspecified atom stereocenters. The van der Waals surface area contributed by atoms with E-state index in [1.54, 1.807) is 0 Å². The van der Waals surface area contributed by atoms with Crippen LogP contribution in [-0.4, -0.2) is 19.0 Å². The van der Waals surface area contributed by atoms with Crippen LogP contribution in [-0.2, 0) is 4.79 Å². The number of hydrogen-bond donors (Lipinski definition) is 2. The maximum atomic E-state index is 12.2. The van der Waals surface area contributed by atoms with Crippen LogP contribution in [0.25, 0.3) is 0 Å². The maximum Gasteiger partial charge on any atom is 0.234 e. The molecule has 21 heavy (non-hydrogen) atoms. The van der Waals surface area contributed by atoms with Gasteiger partial charge in [-0.05, 0) is 48.8 Å². The van der Waals surface area contributed by atoms with Crippen molar-refractivity contribution in [2.75, 3.05) is 13.1 Å². The van der Waals surface area contributed by atoms with Crippen LogP contribution in [0.2, 0.25) is 0 Å². The number of hydrogen-bond acceptors (Lipinski definition) is 2. The summed E-state index contributed by atoms with van der Waals surface area (Å²) >= 11 is 0. The van der Waals surface area contributed by atoms with Crippen molar-refractivity contribution >= 4 is 5.91 Å². The highest BCUT2D eigenvalue weighted by molar-refractivity contribution is 5.78. The summed E-state index contributed by atoms with van der Waals surface area (Å²) in [5.41, 5.74) is 2.42. The predicted molar refractivity (Wildman–Crippen MR) is 87.1 cm³/mol. The lowest BCUT2D eigenvalue weighted by Gasteiger charge is -2.33. The molecule has 0 heterocycles. The second-order valence-electron chi connectivity index (χ2n) is 7.30. The van der Waals surface area contributed by atoms with E-state index in [0.717, 1.165) is 12.5 Å². The molecular formula is C18H28N2O. The topological polar surface area (TPSA) is 41.1 Å². The minimum atomic E-state index is -0.0156. The van der Waals surface area contributed by atoms with Gasteiger partial charge in [0, 0.05) is 0 Å². The first kappa shape index (κ1) is 16.0. The molecule has 3 heteroatoms. The number of amides is 1. The van der Waals surface area contributed by atoms with E-state index < -0.39 is 0 Å². The summed E-state index contributed by atoms with van der Waals surface area (Å²) < 4.78 is 0. The molecule has 2 rings (SSSR count). The molecular weight excluding hydrogens is 260 g/mol. The van der Waals surface area contributed by atoms with Gasteiger partial charge < -0.3 is 10.6 Å². The zero-order valence-electron chi connectivity index (χ0n) is 13.7. The van der Waals surface area contributed by atoms with Gasteiger partial charge in [-0.1, -0.05) is 45.0 Å². The van der Waals surface area contributed by atoms with Crippen LogP contribution in [0.1, 0.15) is 50.8 Å². The monoisotopic (exact) mass is 288 g/mol. The van der Waals surface area contributed by atoms with Crippen molar-refractivity contribution in [2.24, 2.45) is 11.3 Å². The van der Waals surface area contributed by atoms with Gasteiger partial charge in [-0.3, -0.25) is 4.79 Å². The van der Waals surface area contributed by atoms with Crippen LogP contribution in [0.15, 0.2) is 24.3 Å². The minimum Gasteiger partial charge on any atom is -0.348 e. The van der Waals surface area contributed by atoms with Crippen LogP contribution in [0.5, 0.6) is 0 Å². The first-order chi connectivity index (χ1) is 9.88. The van der Waals surface area contributed by atoms with Gasteiger partial charge in [0.2, 0.25) is 5.91 Å². The number of benzene rings is 1.